The van der Waals surface area contributed by atoms with Crippen LogP contribution < -0.4 is 0 Å². The van der Waals surface area contributed by atoms with E-state index in [1.54, 1.807) is 0 Å². The quantitative estimate of drug-likeness (QED) is 0.766. The molecule has 2 nitrogen and oxygen atoms in total. The maximum absolute atomic E-state index is 12.6. The average molecular weight is 281 g/mol. The van der Waals surface area contributed by atoms with Crippen LogP contribution in [0.25, 0.3) is 5.69 Å². The Morgan fingerprint density at radius 3 is 2.18 bits per heavy atom. The van der Waals surface area contributed by atoms with Gasteiger partial charge in [0.15, 0.2) is 0 Å². The maximum Gasteiger partial charge on any atom is 0.433 e. The third-order valence-corrected chi connectivity index (χ3v) is 2.46. The summed E-state index contributed by atoms with van der Waals surface area (Å²) >= 11 is 11.5. The normalized spacial score (nSPS) is 11.8. The van der Waals surface area contributed by atoms with Gasteiger partial charge in [-0.2, -0.15) is 18.3 Å². The van der Waals surface area contributed by atoms with E-state index < -0.39 is 11.9 Å². The summed E-state index contributed by atoms with van der Waals surface area (Å²) in [6.07, 6.45) is -3.41. The molecule has 0 aliphatic carbocycles. The fourth-order valence-electron chi connectivity index (χ4n) is 1.39. The number of benzene rings is 1. The van der Waals surface area contributed by atoms with Gasteiger partial charge < -0.3 is 0 Å². The molecule has 0 aliphatic heterocycles. The van der Waals surface area contributed by atoms with Gasteiger partial charge in [-0.1, -0.05) is 23.2 Å². The lowest BCUT2D eigenvalue weighted by Crippen LogP contribution is -2.13. The number of rotatable bonds is 1. The van der Waals surface area contributed by atoms with Gasteiger partial charge in [-0.05, 0) is 24.3 Å². The third-order valence-electron chi connectivity index (χ3n) is 2.03. The molecule has 1 aromatic carbocycles. The summed E-state index contributed by atoms with van der Waals surface area (Å²) < 4.78 is 38.7. The zero-order valence-corrected chi connectivity index (χ0v) is 9.68. The first-order chi connectivity index (χ1) is 7.88. The van der Waals surface area contributed by atoms with Crippen molar-refractivity contribution in [2.24, 2.45) is 0 Å². The fourth-order valence-corrected chi connectivity index (χ4v) is 1.90. The van der Waals surface area contributed by atoms with Gasteiger partial charge in [0.05, 0.1) is 11.9 Å². The smallest absolute Gasteiger partial charge is 0.229 e. The minimum absolute atomic E-state index is 0.167. The first kappa shape index (κ1) is 12.3. The molecule has 90 valence electrons. The van der Waals surface area contributed by atoms with Crippen molar-refractivity contribution >= 4 is 23.2 Å². The van der Waals surface area contributed by atoms with Gasteiger partial charge in [0.1, 0.15) is 5.69 Å². The average Bonchev–Trinajstić information content (AvgIpc) is 2.63. The van der Waals surface area contributed by atoms with E-state index in [1.165, 1.54) is 18.2 Å². The summed E-state index contributed by atoms with van der Waals surface area (Å²) in [5.74, 6) is 0. The van der Waals surface area contributed by atoms with Gasteiger partial charge in [-0.15, -0.1) is 0 Å². The molecule has 0 fully saturated rings. The Morgan fingerprint density at radius 2 is 1.65 bits per heavy atom. The number of hydrogen-bond acceptors (Lipinski definition) is 1. The maximum atomic E-state index is 12.6. The molecular weight excluding hydrogens is 276 g/mol. The highest BCUT2D eigenvalue weighted by molar-refractivity contribution is 6.34. The van der Waals surface area contributed by atoms with Crippen LogP contribution in [0.15, 0.2) is 30.5 Å². The Labute approximate surface area is 105 Å². The van der Waals surface area contributed by atoms with E-state index in [0.717, 1.165) is 16.9 Å². The molecule has 2 aromatic rings. The van der Waals surface area contributed by atoms with E-state index in [1.807, 2.05) is 0 Å². The molecular formula is C10H5Cl2F3N2. The van der Waals surface area contributed by atoms with E-state index in [2.05, 4.69) is 5.10 Å². The second-order valence-corrected chi connectivity index (χ2v) is 4.13. The molecule has 0 saturated carbocycles. The summed E-state index contributed by atoms with van der Waals surface area (Å²) in [4.78, 5) is 0. The molecule has 1 heterocycles. The summed E-state index contributed by atoms with van der Waals surface area (Å²) in [5, 5.41) is 4.11. The van der Waals surface area contributed by atoms with Crippen LogP contribution >= 0.6 is 23.2 Å². The van der Waals surface area contributed by atoms with Crippen LogP contribution in [0.4, 0.5) is 13.2 Å². The van der Waals surface area contributed by atoms with Crippen LogP contribution in [0, 0.1) is 0 Å². The highest BCUT2D eigenvalue weighted by Gasteiger charge is 2.35. The molecule has 1 aromatic heterocycles. The van der Waals surface area contributed by atoms with Gasteiger partial charge in [-0.3, -0.25) is 0 Å². The molecule has 0 N–H and O–H groups in total. The molecule has 0 amide bonds. The number of hydrogen-bond donors (Lipinski definition) is 0. The molecule has 0 radical (unpaired) electrons. The summed E-state index contributed by atoms with van der Waals surface area (Å²) in [7, 11) is 0. The Morgan fingerprint density at radius 1 is 1.06 bits per heavy atom. The molecule has 0 aliphatic rings. The van der Waals surface area contributed by atoms with Crippen molar-refractivity contribution in [2.75, 3.05) is 0 Å². The Hall–Kier alpha value is -1.20. The molecule has 0 spiro atoms. The minimum atomic E-state index is -4.48. The SMILES string of the molecule is FC(F)(F)c1ccnn1-c1cc(Cl)cc(Cl)c1. The third kappa shape index (κ3) is 2.56. The Bertz CT molecular complexity index is 528. The Kier molecular flexibility index (Phi) is 3.05. The van der Waals surface area contributed by atoms with Crippen molar-refractivity contribution in [1.82, 2.24) is 9.78 Å². The predicted octanol–water partition coefficient (Wildman–Crippen LogP) is 4.20. The largest absolute Gasteiger partial charge is 0.433 e. The van der Waals surface area contributed by atoms with Gasteiger partial charge in [0.25, 0.3) is 0 Å². The number of alkyl halides is 3. The van der Waals surface area contributed by atoms with Crippen molar-refractivity contribution < 1.29 is 13.2 Å². The lowest BCUT2D eigenvalue weighted by Gasteiger charge is -2.10. The molecule has 7 heteroatoms. The lowest BCUT2D eigenvalue weighted by molar-refractivity contribution is -0.142. The van der Waals surface area contributed by atoms with E-state index >= 15 is 0 Å². The van der Waals surface area contributed by atoms with Crippen LogP contribution in [-0.2, 0) is 6.18 Å². The van der Waals surface area contributed by atoms with Gasteiger partial charge in [-0.25, -0.2) is 4.68 Å². The van der Waals surface area contributed by atoms with Crippen LogP contribution in [0.5, 0.6) is 0 Å². The standard InChI is InChI=1S/C10H5Cl2F3N2/c11-6-3-7(12)5-8(4-6)17-9(1-2-16-17)10(13,14)15/h1-5H. The summed E-state index contributed by atoms with van der Waals surface area (Å²) in [6, 6.07) is 5.03. The van der Waals surface area contributed by atoms with Crippen molar-refractivity contribution in [2.45, 2.75) is 6.18 Å². The lowest BCUT2D eigenvalue weighted by atomic mass is 10.3. The van der Waals surface area contributed by atoms with Gasteiger partial charge in [0.2, 0.25) is 0 Å². The first-order valence-corrected chi connectivity index (χ1v) is 5.21. The minimum Gasteiger partial charge on any atom is -0.229 e. The monoisotopic (exact) mass is 280 g/mol. The van der Waals surface area contributed by atoms with Crippen LogP contribution in [0.3, 0.4) is 0 Å². The highest BCUT2D eigenvalue weighted by Crippen LogP contribution is 2.31. The van der Waals surface area contributed by atoms with Gasteiger partial charge >= 0.3 is 6.18 Å². The van der Waals surface area contributed by atoms with E-state index in [0.29, 0.717) is 0 Å². The van der Waals surface area contributed by atoms with Crippen LogP contribution in [0.1, 0.15) is 5.69 Å². The van der Waals surface area contributed by atoms with Crippen LogP contribution in [0.2, 0.25) is 10.0 Å². The summed E-state index contributed by atoms with van der Waals surface area (Å²) in [5.41, 5.74) is -0.712. The van der Waals surface area contributed by atoms with E-state index in [4.69, 9.17) is 23.2 Å². The number of halogens is 5. The van der Waals surface area contributed by atoms with Crippen molar-refractivity contribution in [3.05, 3.63) is 46.2 Å². The van der Waals surface area contributed by atoms with Crippen molar-refractivity contribution in [3.8, 4) is 5.69 Å². The zero-order chi connectivity index (χ0) is 12.6. The first-order valence-electron chi connectivity index (χ1n) is 4.45. The zero-order valence-electron chi connectivity index (χ0n) is 8.17. The second-order valence-electron chi connectivity index (χ2n) is 3.25. The highest BCUT2D eigenvalue weighted by atomic mass is 35.5. The molecule has 2 rings (SSSR count). The molecule has 0 bridgehead atoms. The van der Waals surface area contributed by atoms with E-state index in [9.17, 15) is 13.2 Å². The predicted molar refractivity (Wildman–Crippen MR) is 58.6 cm³/mol. The van der Waals surface area contributed by atoms with Gasteiger partial charge in [0, 0.05) is 10.0 Å². The number of aromatic nitrogens is 2. The van der Waals surface area contributed by atoms with E-state index in [-0.39, 0.29) is 15.7 Å². The molecule has 0 unspecified atom stereocenters. The van der Waals surface area contributed by atoms with Crippen molar-refractivity contribution in [1.29, 1.82) is 0 Å². The van der Waals surface area contributed by atoms with Crippen LogP contribution in [-0.4, -0.2) is 9.78 Å². The molecule has 17 heavy (non-hydrogen) atoms. The molecule has 0 atom stereocenters. The Balaban J connectivity index is 2.57. The molecule has 0 saturated heterocycles. The topological polar surface area (TPSA) is 17.8 Å². The second kappa shape index (κ2) is 4.23. The number of nitrogens with zero attached hydrogens (tertiary/aromatic N) is 2. The summed E-state index contributed by atoms with van der Waals surface area (Å²) in [6.45, 7) is 0. The fraction of sp³-hybridized carbons (Fsp3) is 0.100. The van der Waals surface area contributed by atoms with Crippen molar-refractivity contribution in [3.63, 3.8) is 0 Å².